The Labute approximate surface area is 140 Å². The topological polar surface area (TPSA) is 105 Å². The van der Waals surface area contributed by atoms with Gasteiger partial charge in [-0.25, -0.2) is 12.8 Å². The number of rotatable bonds is 4. The molecule has 1 heterocycles. The van der Waals surface area contributed by atoms with Crippen LogP contribution in [-0.2, 0) is 14.8 Å². The van der Waals surface area contributed by atoms with Crippen molar-refractivity contribution in [2.75, 3.05) is 13.6 Å². The third-order valence-electron chi connectivity index (χ3n) is 3.67. The van der Waals surface area contributed by atoms with Gasteiger partial charge < -0.3 is 9.52 Å². The lowest BCUT2D eigenvalue weighted by Crippen LogP contribution is -2.32. The normalized spacial score (nSPS) is 12.1. The van der Waals surface area contributed by atoms with Crippen LogP contribution in [0.1, 0.15) is 0 Å². The van der Waals surface area contributed by atoms with Gasteiger partial charge in [-0.05, 0) is 36.4 Å². The van der Waals surface area contributed by atoms with Gasteiger partial charge in [-0.2, -0.15) is 4.31 Å². The van der Waals surface area contributed by atoms with Gasteiger partial charge in [0.25, 0.3) is 0 Å². The molecule has 0 saturated heterocycles. The van der Waals surface area contributed by atoms with Crippen LogP contribution in [0.2, 0.25) is 0 Å². The van der Waals surface area contributed by atoms with E-state index in [-0.39, 0.29) is 26.8 Å². The summed E-state index contributed by atoms with van der Waals surface area (Å²) in [6, 6.07) is 7.10. The molecule has 0 bridgehead atoms. The first kappa shape index (κ1) is 17.1. The minimum absolute atomic E-state index is 0.0130. The molecule has 0 aliphatic carbocycles. The maximum absolute atomic E-state index is 13.4. The van der Waals surface area contributed by atoms with Gasteiger partial charge in [0.15, 0.2) is 0 Å². The Morgan fingerprint density at radius 1 is 1.16 bits per heavy atom. The molecule has 0 unspecified atom stereocenters. The summed E-state index contributed by atoms with van der Waals surface area (Å²) in [4.78, 5) is 23.0. The quantitative estimate of drug-likeness (QED) is 0.707. The van der Waals surface area contributed by atoms with E-state index in [1.165, 1.54) is 18.2 Å². The molecule has 2 aromatic carbocycles. The number of aliphatic carboxylic acids is 1. The van der Waals surface area contributed by atoms with Crippen LogP contribution in [0, 0.1) is 5.82 Å². The molecule has 9 heteroatoms. The van der Waals surface area contributed by atoms with E-state index in [1.807, 2.05) is 0 Å². The summed E-state index contributed by atoms with van der Waals surface area (Å²) in [5.41, 5.74) is -0.255. The molecule has 130 valence electrons. The van der Waals surface area contributed by atoms with Crippen molar-refractivity contribution in [3.05, 3.63) is 52.4 Å². The lowest BCUT2D eigenvalue weighted by molar-refractivity contribution is -0.137. The van der Waals surface area contributed by atoms with Crippen LogP contribution in [-0.4, -0.2) is 37.4 Å². The fourth-order valence-corrected chi connectivity index (χ4v) is 3.57. The third kappa shape index (κ3) is 2.99. The van der Waals surface area contributed by atoms with E-state index >= 15 is 0 Å². The predicted octanol–water partition coefficient (Wildman–Crippen LogP) is 1.79. The van der Waals surface area contributed by atoms with Gasteiger partial charge in [0.1, 0.15) is 23.5 Å². The Kier molecular flexibility index (Phi) is 4.05. The van der Waals surface area contributed by atoms with Gasteiger partial charge >= 0.3 is 5.97 Å². The molecule has 1 aromatic heterocycles. The molecular weight excluding hydrogens is 353 g/mol. The highest BCUT2D eigenvalue weighted by Gasteiger charge is 2.24. The van der Waals surface area contributed by atoms with Crippen LogP contribution in [0.15, 0.2) is 50.5 Å². The summed E-state index contributed by atoms with van der Waals surface area (Å²) in [6.07, 6.45) is 0. The van der Waals surface area contributed by atoms with E-state index in [4.69, 9.17) is 9.52 Å². The highest BCUT2D eigenvalue weighted by Crippen LogP contribution is 2.23. The maximum atomic E-state index is 13.4. The number of hydrogen-bond donors (Lipinski definition) is 1. The van der Waals surface area contributed by atoms with Crippen molar-refractivity contribution < 1.29 is 27.1 Å². The number of halogens is 1. The Hall–Kier alpha value is -2.78. The van der Waals surface area contributed by atoms with Crippen molar-refractivity contribution in [1.29, 1.82) is 0 Å². The van der Waals surface area contributed by atoms with E-state index in [9.17, 15) is 22.4 Å². The van der Waals surface area contributed by atoms with Gasteiger partial charge in [-0.1, -0.05) is 0 Å². The number of fused-ring (bicyclic) bond motifs is 2. The summed E-state index contributed by atoms with van der Waals surface area (Å²) >= 11 is 0. The fraction of sp³-hybridized carbons (Fsp3) is 0.125. The number of hydrogen-bond acceptors (Lipinski definition) is 5. The van der Waals surface area contributed by atoms with E-state index in [0.717, 1.165) is 25.2 Å². The minimum atomic E-state index is -4.11. The first-order chi connectivity index (χ1) is 11.7. The van der Waals surface area contributed by atoms with Crippen LogP contribution in [0.3, 0.4) is 0 Å². The van der Waals surface area contributed by atoms with E-state index in [0.29, 0.717) is 4.31 Å². The average molecular weight is 365 g/mol. The number of likely N-dealkylation sites (N-methyl/N-ethyl adjacent to an activating group) is 1. The van der Waals surface area contributed by atoms with Crippen LogP contribution in [0.25, 0.3) is 21.9 Å². The molecule has 1 N–H and O–H groups in total. The van der Waals surface area contributed by atoms with Crippen molar-refractivity contribution in [3.63, 3.8) is 0 Å². The molecule has 0 spiro atoms. The number of nitrogens with zero attached hydrogens (tertiary/aromatic N) is 1. The highest BCUT2D eigenvalue weighted by molar-refractivity contribution is 7.89. The monoisotopic (exact) mass is 365 g/mol. The second kappa shape index (κ2) is 5.94. The first-order valence-electron chi connectivity index (χ1n) is 7.04. The van der Waals surface area contributed by atoms with Gasteiger partial charge in [0.2, 0.25) is 15.5 Å². The Balaban J connectivity index is 2.23. The Bertz CT molecular complexity index is 1170. The molecule has 0 aliphatic heterocycles. The zero-order chi connectivity index (χ0) is 18.4. The fourth-order valence-electron chi connectivity index (χ4n) is 2.42. The van der Waals surface area contributed by atoms with Crippen LogP contribution in [0.4, 0.5) is 4.39 Å². The SMILES string of the molecule is CN(CC(=O)O)S(=O)(=O)c1ccc2oc3ccc(F)cc3c(=O)c2c1. The second-order valence-electron chi connectivity index (χ2n) is 5.38. The molecule has 0 atom stereocenters. The molecule has 0 aliphatic rings. The van der Waals surface area contributed by atoms with Gasteiger partial charge in [-0.15, -0.1) is 0 Å². The van der Waals surface area contributed by atoms with Crippen molar-refractivity contribution in [2.45, 2.75) is 4.90 Å². The summed E-state index contributed by atoms with van der Waals surface area (Å²) in [6.45, 7) is -0.724. The van der Waals surface area contributed by atoms with E-state index < -0.39 is 33.8 Å². The summed E-state index contributed by atoms with van der Waals surface area (Å²) in [5.74, 6) is -1.93. The molecule has 0 fully saturated rings. The van der Waals surface area contributed by atoms with Gasteiger partial charge in [-0.3, -0.25) is 9.59 Å². The first-order valence-corrected chi connectivity index (χ1v) is 8.48. The minimum Gasteiger partial charge on any atom is -0.480 e. The predicted molar refractivity (Wildman–Crippen MR) is 87.4 cm³/mol. The highest BCUT2D eigenvalue weighted by atomic mass is 32.2. The second-order valence-corrected chi connectivity index (χ2v) is 7.43. The largest absolute Gasteiger partial charge is 0.480 e. The number of carboxylic acid groups (broad SMARTS) is 1. The van der Waals surface area contributed by atoms with E-state index in [2.05, 4.69) is 0 Å². The summed E-state index contributed by atoms with van der Waals surface area (Å²) in [5, 5.41) is 8.70. The molecule has 0 amide bonds. The zero-order valence-corrected chi connectivity index (χ0v) is 13.7. The Morgan fingerprint density at radius 3 is 2.40 bits per heavy atom. The molecule has 0 radical (unpaired) electrons. The average Bonchev–Trinajstić information content (AvgIpc) is 2.55. The smallest absolute Gasteiger partial charge is 0.318 e. The van der Waals surface area contributed by atoms with Crippen LogP contribution < -0.4 is 5.43 Å². The van der Waals surface area contributed by atoms with Gasteiger partial charge in [0.05, 0.1) is 15.7 Å². The summed E-state index contributed by atoms with van der Waals surface area (Å²) in [7, 11) is -2.99. The Morgan fingerprint density at radius 2 is 1.76 bits per heavy atom. The molecule has 3 aromatic rings. The molecule has 0 saturated carbocycles. The van der Waals surface area contributed by atoms with Crippen molar-refractivity contribution >= 4 is 37.9 Å². The standard InChI is InChI=1S/C16H12FNO6S/c1-18(8-15(19)20)25(22,23)10-3-5-14-12(7-10)16(21)11-6-9(17)2-4-13(11)24-14/h2-7H,8H2,1H3,(H,19,20). The lowest BCUT2D eigenvalue weighted by atomic mass is 10.1. The zero-order valence-electron chi connectivity index (χ0n) is 12.9. The van der Waals surface area contributed by atoms with Crippen molar-refractivity contribution in [3.8, 4) is 0 Å². The van der Waals surface area contributed by atoms with Crippen molar-refractivity contribution in [2.24, 2.45) is 0 Å². The number of carbonyl (C=O) groups is 1. The van der Waals surface area contributed by atoms with Crippen LogP contribution in [0.5, 0.6) is 0 Å². The third-order valence-corrected chi connectivity index (χ3v) is 5.47. The number of benzene rings is 2. The van der Waals surface area contributed by atoms with Crippen molar-refractivity contribution in [1.82, 2.24) is 4.31 Å². The van der Waals surface area contributed by atoms with Gasteiger partial charge in [0, 0.05) is 7.05 Å². The number of carboxylic acids is 1. The molecular formula is C16H12FNO6S. The van der Waals surface area contributed by atoms with Crippen LogP contribution >= 0.6 is 0 Å². The van der Waals surface area contributed by atoms with E-state index in [1.54, 1.807) is 0 Å². The molecule has 25 heavy (non-hydrogen) atoms. The maximum Gasteiger partial charge on any atom is 0.318 e. The molecule has 7 nitrogen and oxygen atoms in total. The summed E-state index contributed by atoms with van der Waals surface area (Å²) < 4.78 is 44.4. The lowest BCUT2D eigenvalue weighted by Gasteiger charge is -2.15. The molecule has 3 rings (SSSR count). The number of sulfonamides is 1.